The average Bonchev–Trinajstić information content (AvgIpc) is 2.66. The monoisotopic (exact) mass is 371 g/mol. The van der Waals surface area contributed by atoms with Gasteiger partial charge in [0.15, 0.2) is 11.5 Å². The number of amides is 1. The second-order valence-electron chi connectivity index (χ2n) is 6.31. The third-order valence-electron chi connectivity index (χ3n) is 4.34. The summed E-state index contributed by atoms with van der Waals surface area (Å²) in [5.74, 6) is -0.124. The van der Waals surface area contributed by atoms with E-state index < -0.39 is 5.97 Å². The minimum Gasteiger partial charge on any atom is -0.493 e. The number of hydrogen-bond acceptors (Lipinski definition) is 4. The number of methoxy groups -OCH3 is 2. The molecule has 1 amide bonds. The van der Waals surface area contributed by atoms with Gasteiger partial charge in [0.25, 0.3) is 5.91 Å². The first kappa shape index (κ1) is 20.3. The Hall–Kier alpha value is -3.02. The summed E-state index contributed by atoms with van der Waals surface area (Å²) in [6, 6.07) is 12.8. The summed E-state index contributed by atoms with van der Waals surface area (Å²) in [6.45, 7) is 1.82. The number of carbonyl (C=O) groups is 2. The van der Waals surface area contributed by atoms with Crippen LogP contribution in [-0.4, -0.2) is 37.2 Å². The van der Waals surface area contributed by atoms with Crippen LogP contribution in [0.3, 0.4) is 0 Å². The molecule has 0 heterocycles. The fraction of sp³-hybridized carbons (Fsp3) is 0.333. The first-order valence-corrected chi connectivity index (χ1v) is 8.73. The molecule has 2 aromatic rings. The molecule has 0 aliphatic heterocycles. The van der Waals surface area contributed by atoms with Crippen molar-refractivity contribution in [1.82, 2.24) is 5.32 Å². The lowest BCUT2D eigenvalue weighted by molar-refractivity contribution is -0.137. The third-order valence-corrected chi connectivity index (χ3v) is 4.34. The van der Waals surface area contributed by atoms with Gasteiger partial charge in [0.1, 0.15) is 0 Å². The topological polar surface area (TPSA) is 84.9 Å². The Bertz CT molecular complexity index is 789. The van der Waals surface area contributed by atoms with Crippen molar-refractivity contribution in [2.45, 2.75) is 32.2 Å². The maximum atomic E-state index is 12.8. The zero-order valence-corrected chi connectivity index (χ0v) is 15.8. The highest BCUT2D eigenvalue weighted by atomic mass is 16.5. The molecule has 0 radical (unpaired) electrons. The van der Waals surface area contributed by atoms with E-state index in [2.05, 4.69) is 5.32 Å². The summed E-state index contributed by atoms with van der Waals surface area (Å²) in [7, 11) is 3.05. The van der Waals surface area contributed by atoms with Gasteiger partial charge in [0.05, 0.1) is 14.2 Å². The van der Waals surface area contributed by atoms with Gasteiger partial charge < -0.3 is 19.9 Å². The summed E-state index contributed by atoms with van der Waals surface area (Å²) in [5, 5.41) is 12.0. The lowest BCUT2D eigenvalue weighted by Crippen LogP contribution is -2.37. The molecule has 27 heavy (non-hydrogen) atoms. The van der Waals surface area contributed by atoms with E-state index in [9.17, 15) is 9.59 Å². The van der Waals surface area contributed by atoms with Gasteiger partial charge in [-0.2, -0.15) is 0 Å². The predicted octanol–water partition coefficient (Wildman–Crippen LogP) is 3.22. The normalized spacial score (nSPS) is 11.5. The number of nitrogens with one attached hydrogen (secondary N) is 1. The standard InChI is InChI=1S/C21H25NO5/c1-14-11-18(26-2)19(27-3)13-17(14)21(25)22-16(9-10-20(23)24)12-15-7-5-4-6-8-15/h4-8,11,13,16H,9-10,12H2,1-3H3,(H,22,25)(H,23,24). The first-order valence-electron chi connectivity index (χ1n) is 8.73. The number of aryl methyl sites for hydroxylation is 1. The highest BCUT2D eigenvalue weighted by Gasteiger charge is 2.19. The van der Waals surface area contributed by atoms with Gasteiger partial charge in [0.2, 0.25) is 0 Å². The summed E-state index contributed by atoms with van der Waals surface area (Å²) < 4.78 is 10.5. The highest BCUT2D eigenvalue weighted by molar-refractivity contribution is 5.96. The quantitative estimate of drug-likeness (QED) is 0.707. The molecular weight excluding hydrogens is 346 g/mol. The van der Waals surface area contributed by atoms with E-state index in [0.29, 0.717) is 29.9 Å². The van der Waals surface area contributed by atoms with Crippen molar-refractivity contribution in [3.05, 3.63) is 59.2 Å². The molecule has 144 valence electrons. The van der Waals surface area contributed by atoms with E-state index in [1.807, 2.05) is 37.3 Å². The maximum Gasteiger partial charge on any atom is 0.303 e. The van der Waals surface area contributed by atoms with E-state index in [0.717, 1.165) is 11.1 Å². The van der Waals surface area contributed by atoms with Crippen molar-refractivity contribution in [3.8, 4) is 11.5 Å². The fourth-order valence-electron chi connectivity index (χ4n) is 2.91. The lowest BCUT2D eigenvalue weighted by Gasteiger charge is -2.20. The van der Waals surface area contributed by atoms with Crippen LogP contribution in [0.15, 0.2) is 42.5 Å². The van der Waals surface area contributed by atoms with Crippen LogP contribution in [-0.2, 0) is 11.2 Å². The summed E-state index contributed by atoms with van der Waals surface area (Å²) >= 11 is 0. The molecule has 0 aliphatic rings. The molecule has 1 atom stereocenters. The zero-order chi connectivity index (χ0) is 19.8. The Morgan fingerprint density at radius 3 is 2.30 bits per heavy atom. The molecule has 6 nitrogen and oxygen atoms in total. The van der Waals surface area contributed by atoms with Gasteiger partial charge in [-0.3, -0.25) is 9.59 Å². The molecule has 2 N–H and O–H groups in total. The molecule has 0 aliphatic carbocycles. The number of ether oxygens (including phenoxy) is 2. The van der Waals surface area contributed by atoms with Crippen molar-refractivity contribution >= 4 is 11.9 Å². The van der Waals surface area contributed by atoms with Crippen molar-refractivity contribution in [1.29, 1.82) is 0 Å². The molecule has 0 bridgehead atoms. The first-order chi connectivity index (χ1) is 12.9. The maximum absolute atomic E-state index is 12.8. The minimum atomic E-state index is -0.885. The number of hydrogen-bond donors (Lipinski definition) is 2. The van der Waals surface area contributed by atoms with Crippen molar-refractivity contribution in [2.75, 3.05) is 14.2 Å². The Balaban J connectivity index is 2.20. The molecule has 6 heteroatoms. The van der Waals surface area contributed by atoms with Crippen LogP contribution in [0.1, 0.15) is 34.3 Å². The van der Waals surface area contributed by atoms with Crippen LogP contribution < -0.4 is 14.8 Å². The molecule has 1 unspecified atom stereocenters. The molecule has 2 rings (SSSR count). The largest absolute Gasteiger partial charge is 0.493 e. The van der Waals surface area contributed by atoms with E-state index in [-0.39, 0.29) is 18.4 Å². The van der Waals surface area contributed by atoms with E-state index in [1.54, 1.807) is 19.2 Å². The summed E-state index contributed by atoms with van der Waals surface area (Å²) in [5.41, 5.74) is 2.26. The van der Waals surface area contributed by atoms with Crippen LogP contribution in [0, 0.1) is 6.92 Å². The zero-order valence-electron chi connectivity index (χ0n) is 15.8. The van der Waals surface area contributed by atoms with Gasteiger partial charge in [-0.25, -0.2) is 0 Å². The Labute approximate surface area is 159 Å². The van der Waals surface area contributed by atoms with E-state index in [4.69, 9.17) is 14.6 Å². The summed E-state index contributed by atoms with van der Waals surface area (Å²) in [4.78, 5) is 23.8. The molecule has 2 aromatic carbocycles. The number of aliphatic carboxylic acids is 1. The van der Waals surface area contributed by atoms with Gasteiger partial charge in [-0.1, -0.05) is 30.3 Å². The number of carbonyl (C=O) groups excluding carboxylic acids is 1. The second-order valence-corrected chi connectivity index (χ2v) is 6.31. The van der Waals surface area contributed by atoms with Gasteiger partial charge >= 0.3 is 5.97 Å². The van der Waals surface area contributed by atoms with Crippen LogP contribution in [0.5, 0.6) is 11.5 Å². The number of carboxylic acids is 1. The highest BCUT2D eigenvalue weighted by Crippen LogP contribution is 2.30. The molecule has 0 saturated heterocycles. The van der Waals surface area contributed by atoms with Crippen LogP contribution in [0.4, 0.5) is 0 Å². The van der Waals surface area contributed by atoms with Crippen molar-refractivity contribution in [3.63, 3.8) is 0 Å². The average molecular weight is 371 g/mol. The number of carboxylic acid groups (broad SMARTS) is 1. The molecule has 0 aromatic heterocycles. The Morgan fingerprint density at radius 1 is 1.07 bits per heavy atom. The Kier molecular flexibility index (Phi) is 7.23. The van der Waals surface area contributed by atoms with Gasteiger partial charge in [-0.15, -0.1) is 0 Å². The minimum absolute atomic E-state index is 0.0112. The van der Waals surface area contributed by atoms with Gasteiger partial charge in [-0.05, 0) is 43.0 Å². The van der Waals surface area contributed by atoms with Crippen LogP contribution in [0.2, 0.25) is 0 Å². The molecule has 0 saturated carbocycles. The molecule has 0 fully saturated rings. The number of rotatable bonds is 9. The SMILES string of the molecule is COc1cc(C)c(C(=O)NC(CCC(=O)O)Cc2ccccc2)cc1OC. The summed E-state index contributed by atoms with van der Waals surface area (Å²) in [6.07, 6.45) is 0.900. The Morgan fingerprint density at radius 2 is 1.70 bits per heavy atom. The number of benzene rings is 2. The predicted molar refractivity (Wildman–Crippen MR) is 103 cm³/mol. The lowest BCUT2D eigenvalue weighted by atomic mass is 10.0. The van der Waals surface area contributed by atoms with Crippen LogP contribution in [0.25, 0.3) is 0 Å². The smallest absolute Gasteiger partial charge is 0.303 e. The fourth-order valence-corrected chi connectivity index (χ4v) is 2.91. The van der Waals surface area contributed by atoms with Crippen molar-refractivity contribution in [2.24, 2.45) is 0 Å². The third kappa shape index (κ3) is 5.74. The van der Waals surface area contributed by atoms with E-state index >= 15 is 0 Å². The molecule has 0 spiro atoms. The second kappa shape index (κ2) is 9.62. The van der Waals surface area contributed by atoms with Crippen LogP contribution >= 0.6 is 0 Å². The molecular formula is C21H25NO5. The van der Waals surface area contributed by atoms with Gasteiger partial charge in [0, 0.05) is 18.0 Å². The van der Waals surface area contributed by atoms with Crippen molar-refractivity contribution < 1.29 is 24.2 Å². The van der Waals surface area contributed by atoms with E-state index in [1.165, 1.54) is 7.11 Å².